The fraction of sp³-hybridized carbons (Fsp3) is 0.400. The molecule has 0 saturated heterocycles. The molecular formula is C10H12F3N. The van der Waals surface area contributed by atoms with Crippen molar-refractivity contribution in [3.63, 3.8) is 0 Å². The first-order chi connectivity index (χ1) is 6.53. The van der Waals surface area contributed by atoms with E-state index in [2.05, 4.69) is 5.32 Å². The van der Waals surface area contributed by atoms with Crippen molar-refractivity contribution in [3.8, 4) is 0 Å². The lowest BCUT2D eigenvalue weighted by Crippen LogP contribution is -2.32. The molecule has 1 nitrogen and oxygen atoms in total. The molecule has 1 N–H and O–H groups in total. The molecule has 0 heterocycles. The number of rotatable bonds is 4. The molecule has 0 saturated carbocycles. The molecule has 0 aliphatic heterocycles. The second-order valence-electron chi connectivity index (χ2n) is 3.19. The van der Waals surface area contributed by atoms with Crippen LogP contribution < -0.4 is 5.32 Å². The van der Waals surface area contributed by atoms with Gasteiger partial charge in [0.2, 0.25) is 0 Å². The third-order valence-electron chi connectivity index (χ3n) is 1.79. The summed E-state index contributed by atoms with van der Waals surface area (Å²) in [6, 6.07) is 5.29. The number of halogens is 3. The summed E-state index contributed by atoms with van der Waals surface area (Å²) in [5.74, 6) is -3.31. The van der Waals surface area contributed by atoms with Crippen LogP contribution in [0.1, 0.15) is 5.56 Å². The van der Waals surface area contributed by atoms with Gasteiger partial charge in [0.15, 0.2) is 0 Å². The van der Waals surface area contributed by atoms with Gasteiger partial charge in [-0.1, -0.05) is 12.1 Å². The molecule has 4 heteroatoms. The summed E-state index contributed by atoms with van der Waals surface area (Å²) >= 11 is 0. The monoisotopic (exact) mass is 203 g/mol. The molecule has 1 rings (SSSR count). The first-order valence-corrected chi connectivity index (χ1v) is 4.30. The van der Waals surface area contributed by atoms with E-state index in [-0.39, 0.29) is 0 Å². The smallest absolute Gasteiger partial charge is 0.264 e. The van der Waals surface area contributed by atoms with Crippen LogP contribution in [0.25, 0.3) is 0 Å². The van der Waals surface area contributed by atoms with Crippen LogP contribution >= 0.6 is 0 Å². The van der Waals surface area contributed by atoms with E-state index in [1.165, 1.54) is 25.2 Å². The molecule has 0 atom stereocenters. The minimum Gasteiger partial charge on any atom is -0.314 e. The molecular weight excluding hydrogens is 191 g/mol. The minimum absolute atomic E-state index is 0.310. The molecule has 0 fully saturated rings. The van der Waals surface area contributed by atoms with Gasteiger partial charge in [-0.2, -0.15) is 0 Å². The summed E-state index contributed by atoms with van der Waals surface area (Å²) in [6.45, 7) is -0.399. The van der Waals surface area contributed by atoms with E-state index in [0.717, 1.165) is 6.07 Å². The summed E-state index contributed by atoms with van der Waals surface area (Å²) in [6.07, 6.45) is -0.439. The first kappa shape index (κ1) is 11.0. The Labute approximate surface area is 80.9 Å². The Bertz CT molecular complexity index is 299. The quantitative estimate of drug-likeness (QED) is 0.791. The molecule has 0 amide bonds. The van der Waals surface area contributed by atoms with Gasteiger partial charge in [0.25, 0.3) is 5.92 Å². The summed E-state index contributed by atoms with van der Waals surface area (Å²) in [5.41, 5.74) is 0.310. The van der Waals surface area contributed by atoms with Crippen molar-refractivity contribution >= 4 is 0 Å². The molecule has 78 valence electrons. The van der Waals surface area contributed by atoms with Crippen LogP contribution in [0.15, 0.2) is 24.3 Å². The van der Waals surface area contributed by atoms with Crippen LogP contribution in [0, 0.1) is 5.82 Å². The van der Waals surface area contributed by atoms with E-state index < -0.39 is 24.7 Å². The number of hydrogen-bond donors (Lipinski definition) is 1. The first-order valence-electron chi connectivity index (χ1n) is 4.30. The largest absolute Gasteiger partial charge is 0.314 e. The van der Waals surface area contributed by atoms with Crippen LogP contribution in [0.5, 0.6) is 0 Å². The lowest BCUT2D eigenvalue weighted by atomic mass is 10.1. The van der Waals surface area contributed by atoms with Gasteiger partial charge in [0, 0.05) is 6.42 Å². The van der Waals surface area contributed by atoms with Crippen LogP contribution in [0.2, 0.25) is 0 Å². The zero-order valence-corrected chi connectivity index (χ0v) is 7.86. The van der Waals surface area contributed by atoms with Crippen molar-refractivity contribution in [3.05, 3.63) is 35.6 Å². The van der Waals surface area contributed by atoms with Gasteiger partial charge in [-0.25, -0.2) is 13.2 Å². The number of benzene rings is 1. The van der Waals surface area contributed by atoms with Gasteiger partial charge in [0.05, 0.1) is 6.54 Å². The fourth-order valence-corrected chi connectivity index (χ4v) is 1.27. The van der Waals surface area contributed by atoms with Crippen molar-refractivity contribution in [2.75, 3.05) is 13.6 Å². The standard InChI is InChI=1S/C10H12F3N/c1-14-7-10(12,13)6-8-3-2-4-9(11)5-8/h2-5,14H,6-7H2,1H3. The summed E-state index contributed by atoms with van der Waals surface area (Å²) in [5, 5.41) is 2.40. The van der Waals surface area contributed by atoms with Gasteiger partial charge in [-0.05, 0) is 24.7 Å². The normalized spacial score (nSPS) is 11.7. The lowest BCUT2D eigenvalue weighted by molar-refractivity contribution is 0.00446. The fourth-order valence-electron chi connectivity index (χ4n) is 1.27. The lowest BCUT2D eigenvalue weighted by Gasteiger charge is -2.15. The van der Waals surface area contributed by atoms with Gasteiger partial charge in [0.1, 0.15) is 5.82 Å². The number of alkyl halides is 2. The number of nitrogens with one attached hydrogen (secondary N) is 1. The Morgan fingerprint density at radius 2 is 2.07 bits per heavy atom. The van der Waals surface area contributed by atoms with Gasteiger partial charge in [-0.3, -0.25) is 0 Å². The average Bonchev–Trinajstić information content (AvgIpc) is 2.02. The molecule has 0 aromatic heterocycles. The van der Waals surface area contributed by atoms with Crippen LogP contribution in [0.4, 0.5) is 13.2 Å². The summed E-state index contributed by atoms with van der Waals surface area (Å²) in [4.78, 5) is 0. The Morgan fingerprint density at radius 3 is 2.64 bits per heavy atom. The van der Waals surface area contributed by atoms with Crippen LogP contribution in [-0.4, -0.2) is 19.5 Å². The Kier molecular flexibility index (Phi) is 3.52. The third kappa shape index (κ3) is 3.38. The van der Waals surface area contributed by atoms with Crippen LogP contribution in [0.3, 0.4) is 0 Å². The molecule has 14 heavy (non-hydrogen) atoms. The molecule has 0 bridgehead atoms. The van der Waals surface area contributed by atoms with Crippen molar-refractivity contribution < 1.29 is 13.2 Å². The SMILES string of the molecule is CNCC(F)(F)Cc1cccc(F)c1. The zero-order valence-electron chi connectivity index (χ0n) is 7.86. The number of hydrogen-bond acceptors (Lipinski definition) is 1. The maximum absolute atomic E-state index is 13.1. The molecule has 1 aromatic rings. The third-order valence-corrected chi connectivity index (χ3v) is 1.79. The van der Waals surface area contributed by atoms with E-state index in [1.54, 1.807) is 0 Å². The predicted molar refractivity (Wildman–Crippen MR) is 49.0 cm³/mol. The van der Waals surface area contributed by atoms with Gasteiger partial charge < -0.3 is 5.32 Å². The zero-order chi connectivity index (χ0) is 10.6. The second kappa shape index (κ2) is 4.46. The highest BCUT2D eigenvalue weighted by Crippen LogP contribution is 2.19. The summed E-state index contributed by atoms with van der Waals surface area (Å²) < 4.78 is 38.8. The van der Waals surface area contributed by atoms with E-state index in [9.17, 15) is 13.2 Å². The van der Waals surface area contributed by atoms with E-state index in [0.29, 0.717) is 5.56 Å². The predicted octanol–water partition coefficient (Wildman–Crippen LogP) is 2.22. The van der Waals surface area contributed by atoms with Crippen molar-refractivity contribution in [2.45, 2.75) is 12.3 Å². The molecule has 0 radical (unpaired) electrons. The van der Waals surface area contributed by atoms with E-state index >= 15 is 0 Å². The minimum atomic E-state index is -2.83. The maximum atomic E-state index is 13.1. The van der Waals surface area contributed by atoms with E-state index in [4.69, 9.17) is 0 Å². The Balaban J connectivity index is 2.68. The van der Waals surface area contributed by atoms with Crippen molar-refractivity contribution in [2.24, 2.45) is 0 Å². The van der Waals surface area contributed by atoms with Crippen LogP contribution in [-0.2, 0) is 6.42 Å². The highest BCUT2D eigenvalue weighted by Gasteiger charge is 2.28. The highest BCUT2D eigenvalue weighted by atomic mass is 19.3. The molecule has 0 unspecified atom stereocenters. The highest BCUT2D eigenvalue weighted by molar-refractivity contribution is 5.17. The Morgan fingerprint density at radius 1 is 1.36 bits per heavy atom. The molecule has 0 aliphatic rings. The topological polar surface area (TPSA) is 12.0 Å². The van der Waals surface area contributed by atoms with Crippen molar-refractivity contribution in [1.29, 1.82) is 0 Å². The van der Waals surface area contributed by atoms with E-state index in [1.807, 2.05) is 0 Å². The average molecular weight is 203 g/mol. The molecule has 1 aromatic carbocycles. The second-order valence-corrected chi connectivity index (χ2v) is 3.19. The van der Waals surface area contributed by atoms with Crippen molar-refractivity contribution in [1.82, 2.24) is 5.32 Å². The Hall–Kier alpha value is -1.03. The maximum Gasteiger partial charge on any atom is 0.264 e. The van der Waals surface area contributed by atoms with Gasteiger partial charge >= 0.3 is 0 Å². The molecule has 0 aliphatic carbocycles. The summed E-state index contributed by atoms with van der Waals surface area (Å²) in [7, 11) is 1.46. The van der Waals surface area contributed by atoms with Gasteiger partial charge in [-0.15, -0.1) is 0 Å². The molecule has 0 spiro atoms.